The maximum atomic E-state index is 11.1. The van der Waals surface area contributed by atoms with E-state index in [1.807, 2.05) is 6.08 Å². The van der Waals surface area contributed by atoms with E-state index in [9.17, 15) is 4.79 Å². The van der Waals surface area contributed by atoms with Crippen LogP contribution in [0.4, 0.5) is 0 Å². The molecular weight excluding hydrogens is 292 g/mol. The Morgan fingerprint density at radius 3 is 2.00 bits per heavy atom. The van der Waals surface area contributed by atoms with Gasteiger partial charge in [-0.3, -0.25) is 0 Å². The highest BCUT2D eigenvalue weighted by Gasteiger charge is 2.14. The monoisotopic (exact) mass is 324 g/mol. The molecule has 0 aromatic rings. The minimum atomic E-state index is -1.43. The first-order valence-corrected chi connectivity index (χ1v) is 8.27. The van der Waals surface area contributed by atoms with Crippen LogP contribution in [0.25, 0.3) is 0 Å². The predicted octanol–water partition coefficient (Wildman–Crippen LogP) is 3.69. The number of hydrogen-bond donors (Lipinski definition) is 2. The number of carbonyl (C=O) groups excluding carboxylic acids is 1. The first kappa shape index (κ1) is 21.6. The summed E-state index contributed by atoms with van der Waals surface area (Å²) in [5.41, 5.74) is 4.04. The zero-order valence-corrected chi connectivity index (χ0v) is 15.0. The fourth-order valence-electron chi connectivity index (χ4n) is 1.97. The Labute approximate surface area is 140 Å². The molecule has 1 unspecified atom stereocenters. The smallest absolute Gasteiger partial charge is 0.337 e. The third kappa shape index (κ3) is 12.8. The van der Waals surface area contributed by atoms with E-state index < -0.39 is 18.7 Å². The lowest BCUT2D eigenvalue weighted by Crippen LogP contribution is -2.26. The molecule has 0 heterocycles. The third-order valence-electron chi connectivity index (χ3n) is 3.42. The molecule has 0 aliphatic heterocycles. The lowest BCUT2D eigenvalue weighted by molar-refractivity contribution is -0.155. The molecule has 0 radical (unpaired) electrons. The number of carbonyl (C=O) groups is 1. The van der Waals surface area contributed by atoms with Gasteiger partial charge in [0.15, 0.2) is 6.10 Å². The van der Waals surface area contributed by atoms with Crippen LogP contribution in [0.15, 0.2) is 34.9 Å². The number of hydrogen-bond acceptors (Lipinski definition) is 4. The minimum Gasteiger partial charge on any atom is -0.463 e. The molecule has 4 nitrogen and oxygen atoms in total. The number of allylic oxidation sites excluding steroid dienone is 5. The lowest BCUT2D eigenvalue weighted by atomic mass is 10.1. The standard InChI is InChI=1S/C19H32O4/c1-15(2)8-5-9-16(3)10-6-11-17(4)12-7-13-23-19(22)18(21)14-20/h8,10,12,18,20-21H,5-7,9,11,13-14H2,1-4H3. The van der Waals surface area contributed by atoms with E-state index in [0.717, 1.165) is 25.7 Å². The quantitative estimate of drug-likeness (QED) is 0.345. The summed E-state index contributed by atoms with van der Waals surface area (Å²) in [7, 11) is 0. The second-order valence-corrected chi connectivity index (χ2v) is 6.11. The van der Waals surface area contributed by atoms with Gasteiger partial charge >= 0.3 is 5.97 Å². The van der Waals surface area contributed by atoms with Crippen molar-refractivity contribution in [1.82, 2.24) is 0 Å². The molecule has 2 N–H and O–H groups in total. The summed E-state index contributed by atoms with van der Waals surface area (Å²) >= 11 is 0. The van der Waals surface area contributed by atoms with Crippen molar-refractivity contribution in [2.75, 3.05) is 13.2 Å². The summed E-state index contributed by atoms with van der Waals surface area (Å²) in [4.78, 5) is 11.1. The second kappa shape index (κ2) is 13.1. The number of rotatable bonds is 11. The van der Waals surface area contributed by atoms with Gasteiger partial charge in [0.2, 0.25) is 0 Å². The molecule has 132 valence electrons. The highest BCUT2D eigenvalue weighted by atomic mass is 16.5. The van der Waals surface area contributed by atoms with Gasteiger partial charge in [0.05, 0.1) is 13.2 Å². The van der Waals surface area contributed by atoms with Crippen LogP contribution >= 0.6 is 0 Å². The molecule has 0 saturated carbocycles. The Morgan fingerprint density at radius 1 is 0.957 bits per heavy atom. The van der Waals surface area contributed by atoms with Gasteiger partial charge in [-0.25, -0.2) is 4.79 Å². The summed E-state index contributed by atoms with van der Waals surface area (Å²) in [6.07, 6.45) is 10.0. The molecule has 0 spiro atoms. The largest absolute Gasteiger partial charge is 0.463 e. The van der Waals surface area contributed by atoms with Crippen LogP contribution in [0.5, 0.6) is 0 Å². The summed E-state index contributed by atoms with van der Waals surface area (Å²) in [6.45, 7) is 8.10. The molecule has 0 aliphatic carbocycles. The van der Waals surface area contributed by atoms with Gasteiger partial charge in [0.1, 0.15) is 0 Å². The van der Waals surface area contributed by atoms with Gasteiger partial charge in [0, 0.05) is 0 Å². The second-order valence-electron chi connectivity index (χ2n) is 6.11. The zero-order valence-electron chi connectivity index (χ0n) is 15.0. The maximum absolute atomic E-state index is 11.1. The van der Waals surface area contributed by atoms with Gasteiger partial charge in [-0.2, -0.15) is 0 Å². The maximum Gasteiger partial charge on any atom is 0.337 e. The van der Waals surface area contributed by atoms with E-state index in [1.54, 1.807) is 0 Å². The molecular formula is C19H32O4. The Kier molecular flexibility index (Phi) is 12.3. The number of ether oxygens (including phenoxy) is 1. The topological polar surface area (TPSA) is 66.8 Å². The predicted molar refractivity (Wildman–Crippen MR) is 94.1 cm³/mol. The molecule has 23 heavy (non-hydrogen) atoms. The van der Waals surface area contributed by atoms with Crippen molar-refractivity contribution >= 4 is 5.97 Å². The number of esters is 1. The van der Waals surface area contributed by atoms with Crippen molar-refractivity contribution < 1.29 is 19.7 Å². The third-order valence-corrected chi connectivity index (χ3v) is 3.42. The van der Waals surface area contributed by atoms with E-state index in [1.165, 1.54) is 16.7 Å². The van der Waals surface area contributed by atoms with E-state index in [4.69, 9.17) is 14.9 Å². The minimum absolute atomic E-state index is 0.227. The fourth-order valence-corrected chi connectivity index (χ4v) is 1.97. The van der Waals surface area contributed by atoms with Crippen LogP contribution in [-0.4, -0.2) is 35.5 Å². The van der Waals surface area contributed by atoms with Crippen molar-refractivity contribution in [3.63, 3.8) is 0 Å². The average Bonchev–Trinajstić information content (AvgIpc) is 2.50. The Hall–Kier alpha value is -1.39. The van der Waals surface area contributed by atoms with E-state index in [-0.39, 0.29) is 6.61 Å². The van der Waals surface area contributed by atoms with Crippen LogP contribution in [0.2, 0.25) is 0 Å². The Bertz CT molecular complexity index is 429. The molecule has 4 heteroatoms. The van der Waals surface area contributed by atoms with Crippen LogP contribution in [0.1, 0.15) is 59.8 Å². The number of aliphatic hydroxyl groups is 2. The molecule has 0 amide bonds. The summed E-state index contributed by atoms with van der Waals surface area (Å²) < 4.78 is 4.84. The van der Waals surface area contributed by atoms with Gasteiger partial charge in [-0.15, -0.1) is 0 Å². The highest BCUT2D eigenvalue weighted by molar-refractivity contribution is 5.74. The van der Waals surface area contributed by atoms with Gasteiger partial charge < -0.3 is 14.9 Å². The van der Waals surface area contributed by atoms with Crippen molar-refractivity contribution in [1.29, 1.82) is 0 Å². The highest BCUT2D eigenvalue weighted by Crippen LogP contribution is 2.11. The molecule has 0 rings (SSSR count). The fraction of sp³-hybridized carbons (Fsp3) is 0.632. The molecule has 0 fully saturated rings. The number of aliphatic hydroxyl groups excluding tert-OH is 2. The molecule has 0 aromatic carbocycles. The summed E-state index contributed by atoms with van der Waals surface area (Å²) in [6, 6.07) is 0. The van der Waals surface area contributed by atoms with E-state index in [2.05, 4.69) is 39.8 Å². The van der Waals surface area contributed by atoms with Crippen LogP contribution in [0, 0.1) is 0 Å². The van der Waals surface area contributed by atoms with Crippen LogP contribution < -0.4 is 0 Å². The first-order chi connectivity index (χ1) is 10.9. The van der Waals surface area contributed by atoms with Crippen LogP contribution in [0.3, 0.4) is 0 Å². The summed E-state index contributed by atoms with van der Waals surface area (Å²) in [5.74, 6) is -0.770. The molecule has 0 saturated heterocycles. The van der Waals surface area contributed by atoms with Gasteiger partial charge in [-0.05, 0) is 59.8 Å². The van der Waals surface area contributed by atoms with Crippen molar-refractivity contribution in [2.45, 2.75) is 65.9 Å². The molecule has 0 bridgehead atoms. The SMILES string of the molecule is CC(C)=CCCC(C)=CCCC(C)=CCCOC(=O)C(O)CO. The zero-order chi connectivity index (χ0) is 17.7. The molecule has 0 aromatic heterocycles. The molecule has 1 atom stereocenters. The normalized spacial score (nSPS) is 13.7. The van der Waals surface area contributed by atoms with Crippen molar-refractivity contribution in [3.8, 4) is 0 Å². The first-order valence-electron chi connectivity index (χ1n) is 8.27. The summed E-state index contributed by atoms with van der Waals surface area (Å²) in [5, 5.41) is 17.6. The average molecular weight is 324 g/mol. The molecule has 0 aliphatic rings. The van der Waals surface area contributed by atoms with Crippen LogP contribution in [-0.2, 0) is 9.53 Å². The Balaban J connectivity index is 3.90. The van der Waals surface area contributed by atoms with Crippen molar-refractivity contribution in [2.24, 2.45) is 0 Å². The van der Waals surface area contributed by atoms with Gasteiger partial charge in [0.25, 0.3) is 0 Å². The van der Waals surface area contributed by atoms with E-state index in [0.29, 0.717) is 6.42 Å². The van der Waals surface area contributed by atoms with E-state index >= 15 is 0 Å². The lowest BCUT2D eigenvalue weighted by Gasteiger charge is -2.07. The van der Waals surface area contributed by atoms with Crippen molar-refractivity contribution in [3.05, 3.63) is 34.9 Å². The van der Waals surface area contributed by atoms with Gasteiger partial charge in [-0.1, -0.05) is 34.9 Å². The Morgan fingerprint density at radius 2 is 1.48 bits per heavy atom.